The maximum atomic E-state index is 2.33. The summed E-state index contributed by atoms with van der Waals surface area (Å²) in [5.74, 6) is 0. The Hall–Kier alpha value is -2.41. The molecule has 24 heavy (non-hydrogen) atoms. The summed E-state index contributed by atoms with van der Waals surface area (Å²) in [4.78, 5) is 0. The second kappa shape index (κ2) is 6.24. The van der Waals surface area contributed by atoms with E-state index in [9.17, 15) is 0 Å². The van der Waals surface area contributed by atoms with Gasteiger partial charge < -0.3 is 0 Å². The molecule has 0 aliphatic rings. The molecule has 0 aliphatic carbocycles. The van der Waals surface area contributed by atoms with Crippen LogP contribution in [0.15, 0.2) is 66.7 Å². The zero-order valence-electron chi connectivity index (χ0n) is 15.3. The highest BCUT2D eigenvalue weighted by Crippen LogP contribution is 2.29. The zero-order valence-corrected chi connectivity index (χ0v) is 15.3. The number of hydrogen-bond donors (Lipinski definition) is 0. The molecule has 0 unspecified atom stereocenters. The van der Waals surface area contributed by atoms with Crippen LogP contribution in [-0.2, 0) is 12.5 Å². The molecule has 0 fully saturated rings. The Morgan fingerprint density at radius 1 is 0.708 bits per heavy atom. The molecule has 3 aromatic rings. The first-order chi connectivity index (χ1) is 11.4. The molecule has 0 saturated heterocycles. The standard InChI is InChI=1S/C23H26N/c1-17-11-13-19(14-12-17)21-15-20(18-9-7-6-8-10-18)16-22(24(21)5)23(2,3)4/h6-16H,1-5H3/q+1. The Balaban J connectivity index is 2.26. The lowest BCUT2D eigenvalue weighted by Gasteiger charge is -2.19. The molecule has 1 nitrogen and oxygen atoms in total. The van der Waals surface area contributed by atoms with Crippen molar-refractivity contribution in [3.8, 4) is 22.4 Å². The average Bonchev–Trinajstić information content (AvgIpc) is 2.56. The topological polar surface area (TPSA) is 3.88 Å². The lowest BCUT2D eigenvalue weighted by molar-refractivity contribution is -0.671. The molecule has 0 aliphatic heterocycles. The van der Waals surface area contributed by atoms with Crippen LogP contribution in [0.25, 0.3) is 22.4 Å². The number of nitrogens with zero attached hydrogens (tertiary/aromatic N) is 1. The summed E-state index contributed by atoms with van der Waals surface area (Å²) < 4.78 is 2.33. The van der Waals surface area contributed by atoms with Crippen molar-refractivity contribution in [2.45, 2.75) is 33.1 Å². The van der Waals surface area contributed by atoms with Gasteiger partial charge in [-0.05, 0) is 30.2 Å². The van der Waals surface area contributed by atoms with Gasteiger partial charge in [-0.25, -0.2) is 0 Å². The summed E-state index contributed by atoms with van der Waals surface area (Å²) in [6.45, 7) is 8.95. The van der Waals surface area contributed by atoms with E-state index < -0.39 is 0 Å². The minimum absolute atomic E-state index is 0.0823. The fourth-order valence-electron chi connectivity index (χ4n) is 3.18. The summed E-state index contributed by atoms with van der Waals surface area (Å²) in [6, 6.07) is 24.1. The molecule has 3 rings (SSSR count). The number of aryl methyl sites for hydroxylation is 1. The number of pyridine rings is 1. The molecule has 0 saturated carbocycles. The number of rotatable bonds is 2. The minimum Gasteiger partial charge on any atom is -0.198 e. The second-order valence-corrected chi connectivity index (χ2v) is 7.56. The van der Waals surface area contributed by atoms with E-state index in [0.29, 0.717) is 0 Å². The monoisotopic (exact) mass is 316 g/mol. The van der Waals surface area contributed by atoms with E-state index in [0.717, 1.165) is 0 Å². The van der Waals surface area contributed by atoms with Gasteiger partial charge in [0.25, 0.3) is 0 Å². The first-order valence-corrected chi connectivity index (χ1v) is 8.53. The van der Waals surface area contributed by atoms with E-state index in [2.05, 4.69) is 106 Å². The average molecular weight is 316 g/mol. The molecule has 122 valence electrons. The van der Waals surface area contributed by atoms with E-state index in [1.54, 1.807) is 0 Å². The van der Waals surface area contributed by atoms with Crippen LogP contribution in [0.2, 0.25) is 0 Å². The molecule has 0 radical (unpaired) electrons. The highest BCUT2D eigenvalue weighted by atomic mass is 15.0. The third-order valence-corrected chi connectivity index (χ3v) is 4.53. The minimum atomic E-state index is 0.0823. The highest BCUT2D eigenvalue weighted by Gasteiger charge is 2.27. The van der Waals surface area contributed by atoms with Gasteiger partial charge in [0.15, 0.2) is 5.69 Å². The highest BCUT2D eigenvalue weighted by molar-refractivity contribution is 5.69. The Bertz CT molecular complexity index is 838. The summed E-state index contributed by atoms with van der Waals surface area (Å²) in [7, 11) is 2.17. The molecule has 0 bridgehead atoms. The molecule has 2 aromatic carbocycles. The van der Waals surface area contributed by atoms with Gasteiger partial charge in [-0.1, -0.05) is 68.8 Å². The molecular formula is C23H26N+. The summed E-state index contributed by atoms with van der Waals surface area (Å²) in [5.41, 5.74) is 7.74. The van der Waals surface area contributed by atoms with Gasteiger partial charge in [0.05, 0.1) is 0 Å². The molecular weight excluding hydrogens is 290 g/mol. The van der Waals surface area contributed by atoms with Crippen molar-refractivity contribution >= 4 is 0 Å². The third-order valence-electron chi connectivity index (χ3n) is 4.53. The zero-order chi connectivity index (χ0) is 17.3. The van der Waals surface area contributed by atoms with Gasteiger partial charge in [0, 0.05) is 23.1 Å². The van der Waals surface area contributed by atoms with Gasteiger partial charge in [-0.15, -0.1) is 0 Å². The fraction of sp³-hybridized carbons (Fsp3) is 0.261. The van der Waals surface area contributed by atoms with Crippen LogP contribution in [0.3, 0.4) is 0 Å². The first kappa shape index (κ1) is 16.4. The van der Waals surface area contributed by atoms with Gasteiger partial charge in [0.1, 0.15) is 7.05 Å². The fourth-order valence-corrected chi connectivity index (χ4v) is 3.18. The maximum Gasteiger partial charge on any atom is 0.213 e. The number of aromatic nitrogens is 1. The first-order valence-electron chi connectivity index (χ1n) is 8.53. The van der Waals surface area contributed by atoms with Crippen molar-refractivity contribution < 1.29 is 4.57 Å². The van der Waals surface area contributed by atoms with Crippen molar-refractivity contribution in [2.75, 3.05) is 0 Å². The number of hydrogen-bond acceptors (Lipinski definition) is 0. The van der Waals surface area contributed by atoms with Crippen molar-refractivity contribution in [2.24, 2.45) is 7.05 Å². The quantitative estimate of drug-likeness (QED) is 0.553. The third kappa shape index (κ3) is 3.26. The van der Waals surface area contributed by atoms with Crippen molar-refractivity contribution in [1.29, 1.82) is 0 Å². The Morgan fingerprint density at radius 2 is 1.33 bits per heavy atom. The molecule has 1 heteroatoms. The van der Waals surface area contributed by atoms with E-state index in [1.165, 1.54) is 33.6 Å². The molecule has 1 aromatic heterocycles. The Morgan fingerprint density at radius 3 is 1.92 bits per heavy atom. The molecule has 0 atom stereocenters. The van der Waals surface area contributed by atoms with E-state index in [-0.39, 0.29) is 5.41 Å². The second-order valence-electron chi connectivity index (χ2n) is 7.56. The Labute approximate surface area is 145 Å². The lowest BCUT2D eigenvalue weighted by atomic mass is 9.88. The van der Waals surface area contributed by atoms with Crippen LogP contribution < -0.4 is 4.57 Å². The van der Waals surface area contributed by atoms with Gasteiger partial charge in [0.2, 0.25) is 5.69 Å². The predicted octanol–water partition coefficient (Wildman–Crippen LogP) is 5.45. The summed E-state index contributed by atoms with van der Waals surface area (Å²) in [6.07, 6.45) is 0. The largest absolute Gasteiger partial charge is 0.213 e. The lowest BCUT2D eigenvalue weighted by Crippen LogP contribution is -2.41. The molecule has 0 N–H and O–H groups in total. The van der Waals surface area contributed by atoms with Crippen LogP contribution in [0.1, 0.15) is 32.0 Å². The molecule has 1 heterocycles. The van der Waals surface area contributed by atoms with E-state index in [4.69, 9.17) is 0 Å². The normalized spacial score (nSPS) is 11.5. The van der Waals surface area contributed by atoms with Crippen molar-refractivity contribution in [1.82, 2.24) is 0 Å². The smallest absolute Gasteiger partial charge is 0.198 e. The van der Waals surface area contributed by atoms with Crippen LogP contribution in [0.4, 0.5) is 0 Å². The summed E-state index contributed by atoms with van der Waals surface area (Å²) in [5, 5.41) is 0. The molecule has 0 amide bonds. The van der Waals surface area contributed by atoms with Gasteiger partial charge in [-0.2, -0.15) is 4.57 Å². The van der Waals surface area contributed by atoms with Crippen molar-refractivity contribution in [3.63, 3.8) is 0 Å². The van der Waals surface area contributed by atoms with Crippen LogP contribution in [0.5, 0.6) is 0 Å². The van der Waals surface area contributed by atoms with E-state index >= 15 is 0 Å². The summed E-state index contributed by atoms with van der Waals surface area (Å²) >= 11 is 0. The number of benzene rings is 2. The van der Waals surface area contributed by atoms with Crippen LogP contribution in [0, 0.1) is 6.92 Å². The van der Waals surface area contributed by atoms with Crippen molar-refractivity contribution in [3.05, 3.63) is 78.0 Å². The maximum absolute atomic E-state index is 2.33. The molecule has 0 spiro atoms. The Kier molecular flexibility index (Phi) is 4.28. The SMILES string of the molecule is Cc1ccc(-c2cc(-c3ccccc3)cc(C(C)(C)C)[n+]2C)cc1. The van der Waals surface area contributed by atoms with E-state index in [1.807, 2.05) is 0 Å². The van der Waals surface area contributed by atoms with Gasteiger partial charge in [-0.3, -0.25) is 0 Å². The van der Waals surface area contributed by atoms with Gasteiger partial charge >= 0.3 is 0 Å². The van der Waals surface area contributed by atoms with Crippen LogP contribution >= 0.6 is 0 Å². The predicted molar refractivity (Wildman–Crippen MR) is 102 cm³/mol. The van der Waals surface area contributed by atoms with Crippen LogP contribution in [-0.4, -0.2) is 0 Å².